The number of aliphatic carboxylic acids is 1. The highest BCUT2D eigenvalue weighted by Gasteiger charge is 2.15. The molecule has 0 spiro atoms. The Balaban J connectivity index is 2.56. The zero-order chi connectivity index (χ0) is 16.0. The van der Waals surface area contributed by atoms with E-state index in [1.807, 2.05) is 20.8 Å². The van der Waals surface area contributed by atoms with Gasteiger partial charge in [0, 0.05) is 13.0 Å². The lowest BCUT2D eigenvalue weighted by Gasteiger charge is -2.11. The number of sulfonamides is 1. The molecule has 0 atom stereocenters. The lowest BCUT2D eigenvalue weighted by Crippen LogP contribution is -2.25. The first-order valence-corrected chi connectivity index (χ1v) is 8.51. The molecule has 1 aromatic carbocycles. The van der Waals surface area contributed by atoms with Crippen LogP contribution in [0.4, 0.5) is 0 Å². The van der Waals surface area contributed by atoms with Crippen LogP contribution in [-0.2, 0) is 14.8 Å². The number of hydrogen-bond donors (Lipinski definition) is 2. The number of rotatable bonds is 8. The molecule has 0 heterocycles. The van der Waals surface area contributed by atoms with E-state index in [1.165, 1.54) is 0 Å². The Labute approximate surface area is 126 Å². The zero-order valence-corrected chi connectivity index (χ0v) is 13.6. The summed E-state index contributed by atoms with van der Waals surface area (Å²) in [6.07, 6.45) is 2.03. The summed E-state index contributed by atoms with van der Waals surface area (Å²) in [7, 11) is -3.49. The second-order valence-electron chi connectivity index (χ2n) is 5.28. The fourth-order valence-electron chi connectivity index (χ4n) is 2.02. The van der Waals surface area contributed by atoms with E-state index in [2.05, 4.69) is 4.72 Å². The van der Waals surface area contributed by atoms with Gasteiger partial charge in [0.15, 0.2) is 0 Å². The smallest absolute Gasteiger partial charge is 0.303 e. The van der Waals surface area contributed by atoms with Crippen molar-refractivity contribution in [1.29, 1.82) is 0 Å². The molecule has 2 N–H and O–H groups in total. The number of unbranched alkanes of at least 4 members (excludes halogenated alkanes) is 2. The van der Waals surface area contributed by atoms with Crippen molar-refractivity contribution < 1.29 is 18.3 Å². The number of benzene rings is 1. The summed E-state index contributed by atoms with van der Waals surface area (Å²) in [5, 5.41) is 8.51. The molecule has 0 aromatic heterocycles. The maximum atomic E-state index is 12.2. The number of hydrogen-bond acceptors (Lipinski definition) is 3. The molecule has 0 aliphatic heterocycles. The molecule has 0 amide bonds. The van der Waals surface area contributed by atoms with Crippen LogP contribution >= 0.6 is 0 Å². The first kappa shape index (κ1) is 17.7. The van der Waals surface area contributed by atoms with Gasteiger partial charge in [0.1, 0.15) is 0 Å². The van der Waals surface area contributed by atoms with Crippen LogP contribution < -0.4 is 4.72 Å². The number of carboxylic acid groups (broad SMARTS) is 1. The molecule has 0 radical (unpaired) electrons. The van der Waals surface area contributed by atoms with Crippen LogP contribution in [-0.4, -0.2) is 26.0 Å². The van der Waals surface area contributed by atoms with Gasteiger partial charge in [-0.25, -0.2) is 13.1 Å². The molecular formula is C15H23NO4S. The van der Waals surface area contributed by atoms with Crippen LogP contribution in [0.15, 0.2) is 17.0 Å². The molecule has 1 rings (SSSR count). The minimum Gasteiger partial charge on any atom is -0.481 e. The first-order valence-electron chi connectivity index (χ1n) is 7.03. The van der Waals surface area contributed by atoms with E-state index >= 15 is 0 Å². The normalized spacial score (nSPS) is 11.6. The van der Waals surface area contributed by atoms with Crippen LogP contribution in [0.2, 0.25) is 0 Å². The van der Waals surface area contributed by atoms with E-state index in [-0.39, 0.29) is 11.3 Å². The monoisotopic (exact) mass is 313 g/mol. The Morgan fingerprint density at radius 1 is 1.10 bits per heavy atom. The van der Waals surface area contributed by atoms with Crippen LogP contribution in [0.1, 0.15) is 42.4 Å². The highest BCUT2D eigenvalue weighted by molar-refractivity contribution is 7.89. The van der Waals surface area contributed by atoms with Gasteiger partial charge in [-0.3, -0.25) is 4.79 Å². The Kier molecular flexibility index (Phi) is 6.36. The average Bonchev–Trinajstić information content (AvgIpc) is 2.39. The molecule has 6 heteroatoms. The Morgan fingerprint density at radius 3 is 2.19 bits per heavy atom. The van der Waals surface area contributed by atoms with E-state index in [9.17, 15) is 13.2 Å². The predicted octanol–water partition coefficient (Wildman–Crippen LogP) is 2.54. The molecule has 0 aliphatic rings. The van der Waals surface area contributed by atoms with Gasteiger partial charge in [-0.15, -0.1) is 0 Å². The van der Waals surface area contributed by atoms with E-state index in [1.54, 1.807) is 12.1 Å². The summed E-state index contributed by atoms with van der Waals surface area (Å²) >= 11 is 0. The number of carbonyl (C=O) groups is 1. The van der Waals surface area contributed by atoms with Crippen molar-refractivity contribution in [3.8, 4) is 0 Å². The second-order valence-corrected chi connectivity index (χ2v) is 7.05. The Hall–Kier alpha value is -1.40. The van der Waals surface area contributed by atoms with E-state index < -0.39 is 16.0 Å². The summed E-state index contributed by atoms with van der Waals surface area (Å²) in [5.74, 6) is -0.818. The van der Waals surface area contributed by atoms with E-state index in [0.29, 0.717) is 25.8 Å². The molecule has 0 saturated heterocycles. The summed E-state index contributed by atoms with van der Waals surface area (Å²) < 4.78 is 26.9. The number of aryl methyl sites for hydroxylation is 2. The third-order valence-corrected chi connectivity index (χ3v) is 5.01. The molecule has 5 nitrogen and oxygen atoms in total. The summed E-state index contributed by atoms with van der Waals surface area (Å²) in [4.78, 5) is 10.6. The van der Waals surface area contributed by atoms with Crippen LogP contribution in [0, 0.1) is 20.8 Å². The zero-order valence-electron chi connectivity index (χ0n) is 12.8. The highest BCUT2D eigenvalue weighted by atomic mass is 32.2. The van der Waals surface area contributed by atoms with Crippen LogP contribution in [0.25, 0.3) is 0 Å². The van der Waals surface area contributed by atoms with E-state index in [4.69, 9.17) is 5.11 Å². The van der Waals surface area contributed by atoms with Crippen molar-refractivity contribution in [2.45, 2.75) is 51.3 Å². The second kappa shape index (κ2) is 7.56. The highest BCUT2D eigenvalue weighted by Crippen LogP contribution is 2.19. The van der Waals surface area contributed by atoms with Crippen molar-refractivity contribution in [2.75, 3.05) is 6.54 Å². The average molecular weight is 313 g/mol. The molecule has 21 heavy (non-hydrogen) atoms. The molecule has 0 unspecified atom stereocenters. The third-order valence-electron chi connectivity index (χ3n) is 3.57. The maximum Gasteiger partial charge on any atom is 0.303 e. The molecule has 0 bridgehead atoms. The van der Waals surface area contributed by atoms with Gasteiger partial charge < -0.3 is 5.11 Å². The standard InChI is InChI=1S/C15H23NO4S/c1-11-9-14(10-12(2)13(11)3)21(19,20)16-8-6-4-5-7-15(17)18/h9-10,16H,4-8H2,1-3H3,(H,17,18). The van der Waals surface area contributed by atoms with Crippen molar-refractivity contribution in [1.82, 2.24) is 4.72 Å². The van der Waals surface area contributed by atoms with Crippen LogP contribution in [0.5, 0.6) is 0 Å². The SMILES string of the molecule is Cc1cc(S(=O)(=O)NCCCCCC(=O)O)cc(C)c1C. The van der Waals surface area contributed by atoms with Gasteiger partial charge >= 0.3 is 5.97 Å². The maximum absolute atomic E-state index is 12.2. The molecule has 118 valence electrons. The van der Waals surface area contributed by atoms with Crippen molar-refractivity contribution in [3.05, 3.63) is 28.8 Å². The molecule has 0 fully saturated rings. The summed E-state index contributed by atoms with van der Waals surface area (Å²) in [6, 6.07) is 3.35. The quantitative estimate of drug-likeness (QED) is 0.722. The number of nitrogens with one attached hydrogen (secondary N) is 1. The van der Waals surface area contributed by atoms with Gasteiger partial charge in [-0.2, -0.15) is 0 Å². The predicted molar refractivity (Wildman–Crippen MR) is 81.9 cm³/mol. The topological polar surface area (TPSA) is 83.5 Å². The molecule has 1 aromatic rings. The van der Waals surface area contributed by atoms with Crippen molar-refractivity contribution in [3.63, 3.8) is 0 Å². The van der Waals surface area contributed by atoms with E-state index in [0.717, 1.165) is 16.7 Å². The lowest BCUT2D eigenvalue weighted by atomic mass is 10.1. The molecular weight excluding hydrogens is 290 g/mol. The minimum atomic E-state index is -3.49. The molecule has 0 aliphatic carbocycles. The largest absolute Gasteiger partial charge is 0.481 e. The fourth-order valence-corrected chi connectivity index (χ4v) is 3.26. The van der Waals surface area contributed by atoms with Gasteiger partial charge in [0.05, 0.1) is 4.90 Å². The van der Waals surface area contributed by atoms with Gasteiger partial charge in [0.25, 0.3) is 0 Å². The summed E-state index contributed by atoms with van der Waals surface area (Å²) in [5.41, 5.74) is 3.01. The minimum absolute atomic E-state index is 0.128. The Bertz CT molecular complexity index is 585. The third kappa shape index (κ3) is 5.47. The van der Waals surface area contributed by atoms with Crippen LogP contribution in [0.3, 0.4) is 0 Å². The fraction of sp³-hybridized carbons (Fsp3) is 0.533. The number of carboxylic acids is 1. The van der Waals surface area contributed by atoms with Gasteiger partial charge in [0.2, 0.25) is 10.0 Å². The van der Waals surface area contributed by atoms with Crippen molar-refractivity contribution >= 4 is 16.0 Å². The van der Waals surface area contributed by atoms with Gasteiger partial charge in [-0.1, -0.05) is 6.42 Å². The van der Waals surface area contributed by atoms with Gasteiger partial charge in [-0.05, 0) is 62.4 Å². The molecule has 0 saturated carbocycles. The lowest BCUT2D eigenvalue weighted by molar-refractivity contribution is -0.137. The Morgan fingerprint density at radius 2 is 1.67 bits per heavy atom. The van der Waals surface area contributed by atoms with Crippen molar-refractivity contribution in [2.24, 2.45) is 0 Å². The summed E-state index contributed by atoms with van der Waals surface area (Å²) in [6.45, 7) is 6.09. The first-order chi connectivity index (χ1) is 9.74.